The van der Waals surface area contributed by atoms with Gasteiger partial charge in [-0.2, -0.15) is 18.4 Å². The summed E-state index contributed by atoms with van der Waals surface area (Å²) in [5.41, 5.74) is -1.37. The maximum absolute atomic E-state index is 13.5. The van der Waals surface area contributed by atoms with E-state index in [1.54, 1.807) is 18.2 Å². The molecule has 12 heteroatoms. The van der Waals surface area contributed by atoms with E-state index in [4.69, 9.17) is 0 Å². The number of thioether (sulfide) groups is 1. The third-order valence-corrected chi connectivity index (χ3v) is 5.67. The summed E-state index contributed by atoms with van der Waals surface area (Å²) in [5, 5.41) is 20.4. The number of pyridine rings is 2. The number of carbonyl (C=O) groups is 1. The van der Waals surface area contributed by atoms with Crippen molar-refractivity contribution < 1.29 is 18.0 Å². The summed E-state index contributed by atoms with van der Waals surface area (Å²) in [7, 11) is 0. The van der Waals surface area contributed by atoms with E-state index in [1.807, 2.05) is 6.92 Å². The first-order chi connectivity index (χ1) is 14.3. The lowest BCUT2D eigenvalue weighted by atomic mass is 10.1. The molecular weight excluding hydrogens is 437 g/mol. The van der Waals surface area contributed by atoms with Gasteiger partial charge in [0.05, 0.1) is 22.6 Å². The number of hydrogen-bond donors (Lipinski definition) is 1. The van der Waals surface area contributed by atoms with Crippen LogP contribution in [0.25, 0.3) is 11.3 Å². The summed E-state index contributed by atoms with van der Waals surface area (Å²) in [6.45, 7) is 1.89. The van der Waals surface area contributed by atoms with Gasteiger partial charge < -0.3 is 0 Å². The summed E-state index contributed by atoms with van der Waals surface area (Å²) in [6, 6.07) is 5.50. The molecule has 0 aliphatic rings. The van der Waals surface area contributed by atoms with Crippen molar-refractivity contribution >= 4 is 34.1 Å². The molecule has 0 aromatic carbocycles. The fourth-order valence-electron chi connectivity index (χ4n) is 2.36. The van der Waals surface area contributed by atoms with Gasteiger partial charge >= 0.3 is 6.18 Å². The molecule has 1 N–H and O–H groups in total. The summed E-state index contributed by atoms with van der Waals surface area (Å²) in [4.78, 5) is 20.2. The van der Waals surface area contributed by atoms with Gasteiger partial charge in [-0.1, -0.05) is 30.0 Å². The van der Waals surface area contributed by atoms with Gasteiger partial charge in [-0.15, -0.1) is 10.2 Å². The SMILES string of the molecule is CCc1nnc(NC(=O)CSc2nc(-c3cccnc3)cc(C(F)(F)F)c2C#N)s1. The third-order valence-electron chi connectivity index (χ3n) is 3.72. The number of anilines is 1. The van der Waals surface area contributed by atoms with E-state index in [1.165, 1.54) is 23.7 Å². The molecule has 0 radical (unpaired) electrons. The summed E-state index contributed by atoms with van der Waals surface area (Å²) in [6.07, 6.45) is -1.24. The van der Waals surface area contributed by atoms with Gasteiger partial charge in [0, 0.05) is 18.0 Å². The number of nitrogens with zero attached hydrogens (tertiary/aromatic N) is 5. The first-order valence-corrected chi connectivity index (χ1v) is 10.3. The Bertz CT molecular complexity index is 1100. The van der Waals surface area contributed by atoms with Gasteiger partial charge in [0.15, 0.2) is 0 Å². The first-order valence-electron chi connectivity index (χ1n) is 8.49. The maximum atomic E-state index is 13.5. The number of aromatic nitrogens is 4. The van der Waals surface area contributed by atoms with Gasteiger partial charge in [0.25, 0.3) is 0 Å². The largest absolute Gasteiger partial charge is 0.417 e. The zero-order valence-electron chi connectivity index (χ0n) is 15.4. The van der Waals surface area contributed by atoms with Crippen LogP contribution >= 0.6 is 23.1 Å². The molecule has 0 aliphatic heterocycles. The smallest absolute Gasteiger partial charge is 0.300 e. The molecule has 0 bridgehead atoms. The van der Waals surface area contributed by atoms with Gasteiger partial charge in [0.1, 0.15) is 16.1 Å². The predicted molar refractivity (Wildman–Crippen MR) is 106 cm³/mol. The molecule has 0 spiro atoms. The lowest BCUT2D eigenvalue weighted by molar-refractivity contribution is -0.138. The second-order valence-electron chi connectivity index (χ2n) is 5.78. The van der Waals surface area contributed by atoms with E-state index < -0.39 is 23.2 Å². The zero-order chi connectivity index (χ0) is 21.7. The molecule has 3 rings (SSSR count). The van der Waals surface area contributed by atoms with Crippen molar-refractivity contribution in [1.82, 2.24) is 20.2 Å². The number of amides is 1. The van der Waals surface area contributed by atoms with Crippen LogP contribution in [0.5, 0.6) is 0 Å². The minimum atomic E-state index is -4.76. The number of nitrogens with one attached hydrogen (secondary N) is 1. The number of alkyl halides is 3. The molecular formula is C18H13F3N6OS2. The molecule has 30 heavy (non-hydrogen) atoms. The minimum Gasteiger partial charge on any atom is -0.300 e. The minimum absolute atomic E-state index is 0.00837. The third kappa shape index (κ3) is 5.11. The van der Waals surface area contributed by atoms with Crippen LogP contribution in [0.15, 0.2) is 35.6 Å². The predicted octanol–water partition coefficient (Wildman–Crippen LogP) is 4.18. The normalized spacial score (nSPS) is 11.2. The van der Waals surface area contributed by atoms with Crippen LogP contribution < -0.4 is 5.32 Å². The highest BCUT2D eigenvalue weighted by molar-refractivity contribution is 8.00. The van der Waals surface area contributed by atoms with E-state index in [-0.39, 0.29) is 16.5 Å². The monoisotopic (exact) mass is 450 g/mol. The number of aryl methyl sites for hydroxylation is 1. The molecule has 0 aliphatic carbocycles. The van der Waals surface area contributed by atoms with E-state index in [0.717, 1.165) is 22.8 Å². The molecule has 0 saturated heterocycles. The van der Waals surface area contributed by atoms with Gasteiger partial charge in [-0.05, 0) is 24.6 Å². The van der Waals surface area contributed by atoms with Gasteiger partial charge in [-0.25, -0.2) is 4.98 Å². The number of halogens is 3. The Morgan fingerprint density at radius 2 is 2.17 bits per heavy atom. The Hall–Kier alpha value is -3.04. The van der Waals surface area contributed by atoms with Crippen molar-refractivity contribution in [1.29, 1.82) is 5.26 Å². The maximum Gasteiger partial charge on any atom is 0.417 e. The van der Waals surface area contributed by atoms with E-state index in [9.17, 15) is 23.2 Å². The highest BCUT2D eigenvalue weighted by atomic mass is 32.2. The van der Waals surface area contributed by atoms with Crippen LogP contribution in [0, 0.1) is 11.3 Å². The number of nitriles is 1. The number of rotatable bonds is 6. The van der Waals surface area contributed by atoms with Crippen molar-refractivity contribution in [2.24, 2.45) is 0 Å². The van der Waals surface area contributed by atoms with E-state index >= 15 is 0 Å². The number of hydrogen-bond acceptors (Lipinski definition) is 8. The summed E-state index contributed by atoms with van der Waals surface area (Å²) >= 11 is 1.95. The molecule has 3 aromatic rings. The fourth-order valence-corrected chi connectivity index (χ4v) is 3.85. The van der Waals surface area contributed by atoms with Crippen molar-refractivity contribution in [3.63, 3.8) is 0 Å². The van der Waals surface area contributed by atoms with Crippen molar-refractivity contribution in [3.8, 4) is 17.3 Å². The fraction of sp³-hybridized carbons (Fsp3) is 0.222. The molecule has 0 saturated carbocycles. The molecule has 1 amide bonds. The highest BCUT2D eigenvalue weighted by Crippen LogP contribution is 2.37. The quantitative estimate of drug-likeness (QED) is 0.562. The average Bonchev–Trinajstić information content (AvgIpc) is 3.19. The van der Waals surface area contributed by atoms with Crippen molar-refractivity contribution in [2.45, 2.75) is 24.5 Å². The molecule has 3 aromatic heterocycles. The van der Waals surface area contributed by atoms with Gasteiger partial charge in [0.2, 0.25) is 11.0 Å². The molecule has 7 nitrogen and oxygen atoms in total. The van der Waals surface area contributed by atoms with Crippen LogP contribution in [0.3, 0.4) is 0 Å². The van der Waals surface area contributed by atoms with Crippen LogP contribution in [-0.4, -0.2) is 31.8 Å². The number of carbonyl (C=O) groups excluding carboxylic acids is 1. The molecule has 0 unspecified atom stereocenters. The van der Waals surface area contributed by atoms with Crippen molar-refractivity contribution in [3.05, 3.63) is 46.7 Å². The zero-order valence-corrected chi connectivity index (χ0v) is 17.0. The first kappa shape index (κ1) is 21.7. The van der Waals surface area contributed by atoms with Crippen LogP contribution in [-0.2, 0) is 17.4 Å². The van der Waals surface area contributed by atoms with Crippen LogP contribution in [0.4, 0.5) is 18.3 Å². The van der Waals surface area contributed by atoms with Crippen LogP contribution in [0.1, 0.15) is 23.1 Å². The molecule has 3 heterocycles. The Morgan fingerprint density at radius 1 is 1.37 bits per heavy atom. The second-order valence-corrected chi connectivity index (χ2v) is 7.80. The molecule has 0 fully saturated rings. The highest BCUT2D eigenvalue weighted by Gasteiger charge is 2.36. The lowest BCUT2D eigenvalue weighted by Crippen LogP contribution is -2.15. The second kappa shape index (κ2) is 9.19. The Labute approximate surface area is 177 Å². The van der Waals surface area contributed by atoms with Crippen molar-refractivity contribution in [2.75, 3.05) is 11.1 Å². The van der Waals surface area contributed by atoms with Gasteiger partial charge in [-0.3, -0.25) is 15.1 Å². The van der Waals surface area contributed by atoms with E-state index in [0.29, 0.717) is 17.1 Å². The Kier molecular flexibility index (Phi) is 6.63. The standard InChI is InChI=1S/C18H13F3N6OS2/c1-2-15-26-27-17(30-15)25-14(28)9-29-16-11(7-22)12(18(19,20)21)6-13(24-16)10-4-3-5-23-8-10/h3-6,8H,2,9H2,1H3,(H,25,27,28). The summed E-state index contributed by atoms with van der Waals surface area (Å²) in [5.74, 6) is -0.749. The van der Waals surface area contributed by atoms with Crippen LogP contribution in [0.2, 0.25) is 0 Å². The molecule has 0 atom stereocenters. The summed E-state index contributed by atoms with van der Waals surface area (Å²) < 4.78 is 40.6. The lowest BCUT2D eigenvalue weighted by Gasteiger charge is -2.14. The average molecular weight is 450 g/mol. The Morgan fingerprint density at radius 3 is 2.77 bits per heavy atom. The topological polar surface area (TPSA) is 104 Å². The van der Waals surface area contributed by atoms with E-state index in [2.05, 4.69) is 25.5 Å². The molecule has 154 valence electrons. The Balaban J connectivity index is 1.88.